The van der Waals surface area contributed by atoms with Gasteiger partial charge in [-0.05, 0) is 38.5 Å². The lowest BCUT2D eigenvalue weighted by Gasteiger charge is -2.41. The molecule has 0 saturated carbocycles. The maximum atomic E-state index is 3.55. The summed E-state index contributed by atoms with van der Waals surface area (Å²) >= 11 is 3.55. The van der Waals surface area contributed by atoms with Crippen LogP contribution in [0.5, 0.6) is 0 Å². The third-order valence-electron chi connectivity index (χ3n) is 3.08. The molecule has 0 radical (unpaired) electrons. The lowest BCUT2D eigenvalue weighted by molar-refractivity contribution is 0.353. The van der Waals surface area contributed by atoms with Gasteiger partial charge in [-0.2, -0.15) is 0 Å². The van der Waals surface area contributed by atoms with Gasteiger partial charge in [-0.1, -0.05) is 22.0 Å². The first-order valence-corrected chi connectivity index (χ1v) is 6.53. The molecule has 0 amide bonds. The number of nitrogens with zero attached hydrogens (tertiary/aromatic N) is 1. The molecule has 0 unspecified atom stereocenters. The lowest BCUT2D eigenvalue weighted by Crippen LogP contribution is -2.57. The molecule has 1 aliphatic rings. The Balaban J connectivity index is 2.26. The summed E-state index contributed by atoms with van der Waals surface area (Å²) in [5.74, 6) is 0. The van der Waals surface area contributed by atoms with Crippen LogP contribution in [0.1, 0.15) is 19.4 Å². The molecule has 16 heavy (non-hydrogen) atoms. The molecule has 1 fully saturated rings. The van der Waals surface area contributed by atoms with Crippen LogP contribution in [0.25, 0.3) is 0 Å². The number of hydrogen-bond donors (Lipinski definition) is 1. The van der Waals surface area contributed by atoms with E-state index < -0.39 is 0 Å². The number of aryl methyl sites for hydroxylation is 1. The van der Waals surface area contributed by atoms with Crippen molar-refractivity contribution < 1.29 is 0 Å². The minimum atomic E-state index is 0.201. The Bertz CT molecular complexity index is 388. The van der Waals surface area contributed by atoms with Gasteiger partial charge in [0.2, 0.25) is 0 Å². The quantitative estimate of drug-likeness (QED) is 0.852. The maximum Gasteiger partial charge on any atom is 0.0408 e. The summed E-state index contributed by atoms with van der Waals surface area (Å²) in [5.41, 5.74) is 2.90. The van der Waals surface area contributed by atoms with Crippen molar-refractivity contribution >= 4 is 21.6 Å². The van der Waals surface area contributed by atoms with Crippen molar-refractivity contribution in [3.8, 4) is 0 Å². The highest BCUT2D eigenvalue weighted by atomic mass is 79.9. The fourth-order valence-corrected chi connectivity index (χ4v) is 2.62. The zero-order valence-electron chi connectivity index (χ0n) is 10.2. The highest BCUT2D eigenvalue weighted by molar-refractivity contribution is 9.10. The summed E-state index contributed by atoms with van der Waals surface area (Å²) in [6.07, 6.45) is 0. The van der Waals surface area contributed by atoms with Crippen molar-refractivity contribution in [2.75, 3.05) is 24.5 Å². The maximum absolute atomic E-state index is 3.55. The predicted octanol–water partition coefficient (Wildman–Crippen LogP) is 2.95. The van der Waals surface area contributed by atoms with Crippen molar-refractivity contribution in [2.45, 2.75) is 26.3 Å². The molecule has 1 heterocycles. The molecule has 88 valence electrons. The Labute approximate surface area is 106 Å². The van der Waals surface area contributed by atoms with E-state index in [4.69, 9.17) is 0 Å². The van der Waals surface area contributed by atoms with Gasteiger partial charge in [-0.25, -0.2) is 0 Å². The van der Waals surface area contributed by atoms with Crippen LogP contribution in [0.2, 0.25) is 0 Å². The third-order valence-corrected chi connectivity index (χ3v) is 3.58. The van der Waals surface area contributed by atoms with E-state index in [0.29, 0.717) is 0 Å². The minimum absolute atomic E-state index is 0.201. The van der Waals surface area contributed by atoms with Gasteiger partial charge in [-0.3, -0.25) is 0 Å². The first-order chi connectivity index (χ1) is 7.48. The highest BCUT2D eigenvalue weighted by Gasteiger charge is 2.26. The molecule has 0 aromatic heterocycles. The van der Waals surface area contributed by atoms with Crippen LogP contribution in [-0.4, -0.2) is 25.2 Å². The Morgan fingerprint density at radius 2 is 2.12 bits per heavy atom. The molecule has 0 bridgehead atoms. The standard InChI is InChI=1S/C13H19BrN2/c1-10-4-5-11(14)8-12(10)16-7-6-15-13(2,3)9-16/h4-5,8,15H,6-7,9H2,1-3H3. The topological polar surface area (TPSA) is 15.3 Å². The number of anilines is 1. The van der Waals surface area contributed by atoms with Crippen LogP contribution in [0.15, 0.2) is 22.7 Å². The zero-order chi connectivity index (χ0) is 11.8. The second kappa shape index (κ2) is 4.38. The SMILES string of the molecule is Cc1ccc(Br)cc1N1CCNC(C)(C)C1. The highest BCUT2D eigenvalue weighted by Crippen LogP contribution is 2.26. The number of halogens is 1. The van der Waals surface area contributed by atoms with Gasteiger partial charge in [0, 0.05) is 35.3 Å². The molecule has 3 heteroatoms. The summed E-state index contributed by atoms with van der Waals surface area (Å²) in [7, 11) is 0. The first-order valence-electron chi connectivity index (χ1n) is 5.74. The van der Waals surface area contributed by atoms with Crippen molar-refractivity contribution in [1.82, 2.24) is 5.32 Å². The summed E-state index contributed by atoms with van der Waals surface area (Å²) in [6, 6.07) is 6.50. The molecule has 0 aliphatic carbocycles. The van der Waals surface area contributed by atoms with Crippen LogP contribution >= 0.6 is 15.9 Å². The molecular formula is C13H19BrN2. The average molecular weight is 283 g/mol. The Morgan fingerprint density at radius 3 is 2.81 bits per heavy atom. The van der Waals surface area contributed by atoms with Crippen LogP contribution in [0.4, 0.5) is 5.69 Å². The second-order valence-corrected chi connectivity index (χ2v) is 6.08. The van der Waals surface area contributed by atoms with Crippen LogP contribution in [-0.2, 0) is 0 Å². The molecule has 0 atom stereocenters. The first kappa shape index (κ1) is 11.9. The Morgan fingerprint density at radius 1 is 1.38 bits per heavy atom. The van der Waals surface area contributed by atoms with Gasteiger partial charge >= 0.3 is 0 Å². The smallest absolute Gasteiger partial charge is 0.0408 e. The largest absolute Gasteiger partial charge is 0.368 e. The van der Waals surface area contributed by atoms with E-state index in [2.05, 4.69) is 65.1 Å². The van der Waals surface area contributed by atoms with E-state index in [1.807, 2.05) is 0 Å². The van der Waals surface area contributed by atoms with Crippen LogP contribution in [0.3, 0.4) is 0 Å². The van der Waals surface area contributed by atoms with E-state index in [-0.39, 0.29) is 5.54 Å². The predicted molar refractivity (Wildman–Crippen MR) is 73.2 cm³/mol. The summed E-state index contributed by atoms with van der Waals surface area (Å²) in [5, 5.41) is 3.54. The fourth-order valence-electron chi connectivity index (χ4n) is 2.27. The third kappa shape index (κ3) is 2.58. The van der Waals surface area contributed by atoms with Gasteiger partial charge in [0.15, 0.2) is 0 Å². The van der Waals surface area contributed by atoms with Gasteiger partial charge in [0.05, 0.1) is 0 Å². The molecule has 1 aliphatic heterocycles. The van der Waals surface area contributed by atoms with E-state index in [1.165, 1.54) is 11.3 Å². The lowest BCUT2D eigenvalue weighted by atomic mass is 10.0. The molecular weight excluding hydrogens is 264 g/mol. The molecule has 1 saturated heterocycles. The average Bonchev–Trinajstić information content (AvgIpc) is 2.20. The molecule has 1 aromatic rings. The van der Waals surface area contributed by atoms with Crippen molar-refractivity contribution in [3.63, 3.8) is 0 Å². The zero-order valence-corrected chi connectivity index (χ0v) is 11.8. The van der Waals surface area contributed by atoms with Gasteiger partial charge in [-0.15, -0.1) is 0 Å². The summed E-state index contributed by atoms with van der Waals surface area (Å²) in [4.78, 5) is 2.47. The Hall–Kier alpha value is -0.540. The number of rotatable bonds is 1. The molecule has 2 nitrogen and oxygen atoms in total. The van der Waals surface area contributed by atoms with Crippen molar-refractivity contribution in [3.05, 3.63) is 28.2 Å². The van der Waals surface area contributed by atoms with Crippen LogP contribution < -0.4 is 10.2 Å². The van der Waals surface area contributed by atoms with E-state index >= 15 is 0 Å². The van der Waals surface area contributed by atoms with Gasteiger partial charge in [0.1, 0.15) is 0 Å². The summed E-state index contributed by atoms with van der Waals surface area (Å²) in [6.45, 7) is 9.89. The molecule has 1 aromatic carbocycles. The number of benzene rings is 1. The van der Waals surface area contributed by atoms with Crippen molar-refractivity contribution in [2.24, 2.45) is 0 Å². The molecule has 0 spiro atoms. The minimum Gasteiger partial charge on any atom is -0.368 e. The number of nitrogens with one attached hydrogen (secondary N) is 1. The molecule has 1 N–H and O–H groups in total. The second-order valence-electron chi connectivity index (χ2n) is 5.16. The van der Waals surface area contributed by atoms with Crippen LogP contribution in [0, 0.1) is 6.92 Å². The van der Waals surface area contributed by atoms with E-state index in [9.17, 15) is 0 Å². The number of hydrogen-bond acceptors (Lipinski definition) is 2. The number of piperazine rings is 1. The Kier molecular flexibility index (Phi) is 3.27. The summed E-state index contributed by atoms with van der Waals surface area (Å²) < 4.78 is 1.16. The fraction of sp³-hybridized carbons (Fsp3) is 0.538. The van der Waals surface area contributed by atoms with Gasteiger partial charge in [0.25, 0.3) is 0 Å². The normalized spacial score (nSPS) is 19.9. The van der Waals surface area contributed by atoms with E-state index in [0.717, 1.165) is 24.1 Å². The molecule has 2 rings (SSSR count). The van der Waals surface area contributed by atoms with E-state index in [1.54, 1.807) is 0 Å². The monoisotopic (exact) mass is 282 g/mol. The van der Waals surface area contributed by atoms with Crippen molar-refractivity contribution in [1.29, 1.82) is 0 Å². The van der Waals surface area contributed by atoms with Gasteiger partial charge < -0.3 is 10.2 Å².